The fourth-order valence-corrected chi connectivity index (χ4v) is 8.51. The van der Waals surface area contributed by atoms with Gasteiger partial charge in [0.05, 0.1) is 23.7 Å². The maximum Gasteiger partial charge on any atom is 0.337 e. The molecule has 1 fully saturated rings. The minimum atomic E-state index is -3.25. The number of hydrogen-bond donors (Lipinski definition) is 10. The molecule has 10 N–H and O–H groups in total. The van der Waals surface area contributed by atoms with Gasteiger partial charge in [0.2, 0.25) is 24.7 Å². The third kappa shape index (κ3) is 9.16. The van der Waals surface area contributed by atoms with Crippen molar-refractivity contribution in [2.24, 2.45) is 4.99 Å². The molecule has 1 saturated heterocycles. The van der Waals surface area contributed by atoms with Crippen molar-refractivity contribution in [3.05, 3.63) is 111 Å². The topological polar surface area (TPSA) is 309 Å². The highest BCUT2D eigenvalue weighted by molar-refractivity contribution is 5.98. The Labute approximate surface area is 375 Å². The number of rotatable bonds is 19. The van der Waals surface area contributed by atoms with E-state index in [-0.39, 0.29) is 59.0 Å². The van der Waals surface area contributed by atoms with E-state index in [0.717, 1.165) is 11.1 Å². The Bertz CT molecular complexity index is 2610. The third-order valence-corrected chi connectivity index (χ3v) is 11.7. The molecule has 20 heteroatoms. The summed E-state index contributed by atoms with van der Waals surface area (Å²) in [6, 6.07) is 13.4. The Morgan fingerprint density at radius 3 is 2.42 bits per heavy atom. The second-order valence-corrected chi connectivity index (χ2v) is 16.2. The van der Waals surface area contributed by atoms with Gasteiger partial charge in [0.1, 0.15) is 41.9 Å². The van der Waals surface area contributed by atoms with Gasteiger partial charge in [-0.15, -0.1) is 0 Å². The van der Waals surface area contributed by atoms with E-state index in [9.17, 15) is 60.0 Å². The summed E-state index contributed by atoms with van der Waals surface area (Å²) < 4.78 is 23.4. The summed E-state index contributed by atoms with van der Waals surface area (Å²) >= 11 is 0. The monoisotopic (exact) mass is 916 g/mol. The number of ether oxygens (including phenoxy) is 3. The van der Waals surface area contributed by atoms with Crippen molar-refractivity contribution >= 4 is 41.1 Å². The zero-order valence-electron chi connectivity index (χ0n) is 35.7. The quantitative estimate of drug-likeness (QED) is 0.0187. The number of esters is 1. The summed E-state index contributed by atoms with van der Waals surface area (Å²) in [6.45, 7) is 1.52. The predicted molar refractivity (Wildman–Crippen MR) is 231 cm³/mol. The Morgan fingerprint density at radius 1 is 1.03 bits per heavy atom. The number of allylic oxidation sites excluding steroid dienone is 1. The molecule has 350 valence electrons. The van der Waals surface area contributed by atoms with Crippen LogP contribution < -0.4 is 20.5 Å². The largest absolute Gasteiger partial charge is 0.508 e. The molecule has 0 radical (unpaired) electrons. The number of aliphatic imine (C=N–C) groups is 1. The van der Waals surface area contributed by atoms with Crippen LogP contribution in [0.2, 0.25) is 0 Å². The number of carbonyl (C=O) groups is 3. The lowest BCUT2D eigenvalue weighted by molar-refractivity contribution is -1.04. The molecule has 3 aliphatic heterocycles. The molecule has 0 spiro atoms. The van der Waals surface area contributed by atoms with Gasteiger partial charge in [-0.1, -0.05) is 29.3 Å². The third-order valence-electron chi connectivity index (χ3n) is 11.7. The van der Waals surface area contributed by atoms with E-state index in [1.54, 1.807) is 12.3 Å². The van der Waals surface area contributed by atoms with Crippen molar-refractivity contribution in [1.82, 2.24) is 5.32 Å². The van der Waals surface area contributed by atoms with Crippen LogP contribution in [0.15, 0.2) is 98.5 Å². The molecule has 66 heavy (non-hydrogen) atoms. The number of aryl methyl sites for hydroxylation is 2. The van der Waals surface area contributed by atoms with Gasteiger partial charge in [-0.3, -0.25) is 10.1 Å². The number of aliphatic hydroxyl groups is 6. The molecule has 3 aliphatic rings. The Morgan fingerprint density at radius 2 is 1.76 bits per heavy atom. The van der Waals surface area contributed by atoms with Crippen LogP contribution in [-0.4, -0.2) is 140 Å². The Kier molecular flexibility index (Phi) is 14.3. The van der Waals surface area contributed by atoms with Gasteiger partial charge in [-0.2, -0.15) is 9.90 Å². The van der Waals surface area contributed by atoms with E-state index in [4.69, 9.17) is 23.5 Å². The Balaban J connectivity index is 1.34. The molecule has 0 saturated carbocycles. The van der Waals surface area contributed by atoms with E-state index in [2.05, 4.69) is 10.3 Å². The van der Waals surface area contributed by atoms with Crippen molar-refractivity contribution in [3.63, 3.8) is 0 Å². The SMILES string of the molecule is Cc1cc(C)cc(C2=C3N=CC=C3C[NH+]2O[C@@H]2[C@@H](Oc3ccc4c(=O)c(-c5ccc(O)cc5)coc4c3)O[C@@H]([C@@H](O)OC(=O)[C@H](NCCC=O)C(=O)O)[C@@](O)(CO)[C@]2(O)[C@H](O)CCCO)c1. The molecule has 1 unspecified atom stereocenters. The number of phenolic OH excluding ortho intramolecular Hbond substituents is 1. The van der Waals surface area contributed by atoms with Gasteiger partial charge in [0, 0.05) is 43.0 Å². The van der Waals surface area contributed by atoms with Crippen molar-refractivity contribution < 1.29 is 83.8 Å². The second-order valence-electron chi connectivity index (χ2n) is 16.2. The van der Waals surface area contributed by atoms with Gasteiger partial charge in [0.25, 0.3) is 0 Å². The van der Waals surface area contributed by atoms with Crippen LogP contribution in [0, 0.1) is 13.8 Å². The molecule has 0 bridgehead atoms. The summed E-state index contributed by atoms with van der Waals surface area (Å²) in [5, 5.41) is 92.1. The number of quaternary nitrogens is 1. The molecule has 7 rings (SSSR count). The van der Waals surface area contributed by atoms with E-state index in [0.29, 0.717) is 34.4 Å². The lowest BCUT2D eigenvalue weighted by Crippen LogP contribution is -3.09. The molecular formula is C46H50N3O17+. The molecular weight excluding hydrogens is 867 g/mol. The van der Waals surface area contributed by atoms with Crippen molar-refractivity contribution in [2.45, 2.75) is 81.2 Å². The first-order valence-electron chi connectivity index (χ1n) is 20.9. The molecule has 20 nitrogen and oxygen atoms in total. The lowest BCUT2D eigenvalue weighted by atomic mass is 9.68. The number of carbonyl (C=O) groups excluding carboxylic acids is 2. The van der Waals surface area contributed by atoms with Crippen LogP contribution in [0.5, 0.6) is 11.5 Å². The predicted octanol–water partition coefficient (Wildman–Crippen LogP) is -0.454. The average Bonchev–Trinajstić information content (AvgIpc) is 3.88. The van der Waals surface area contributed by atoms with Gasteiger partial charge in [-0.05, 0) is 74.7 Å². The molecule has 1 aromatic heterocycles. The maximum absolute atomic E-state index is 13.7. The highest BCUT2D eigenvalue weighted by atomic mass is 16.8. The fraction of sp³-hybridized carbons (Fsp3) is 0.370. The van der Waals surface area contributed by atoms with E-state index < -0.39 is 85.1 Å². The van der Waals surface area contributed by atoms with Crippen LogP contribution in [0.3, 0.4) is 0 Å². The summed E-state index contributed by atoms with van der Waals surface area (Å²) in [5.41, 5.74) is -2.13. The smallest absolute Gasteiger partial charge is 0.337 e. The number of hydrogen-bond acceptors (Lipinski definition) is 18. The Hall–Kier alpha value is -6.17. The number of carboxylic acid groups (broad SMARTS) is 1. The summed E-state index contributed by atoms with van der Waals surface area (Å²) in [5.74, 6) is -3.54. The molecule has 0 amide bonds. The molecule has 4 heterocycles. The maximum atomic E-state index is 13.7. The normalized spacial score (nSPS) is 25.0. The number of aldehydes is 1. The number of aliphatic carboxylic acids is 1. The first kappa shape index (κ1) is 47.8. The van der Waals surface area contributed by atoms with Gasteiger partial charge in [0.15, 0.2) is 28.4 Å². The highest BCUT2D eigenvalue weighted by Crippen LogP contribution is 2.45. The van der Waals surface area contributed by atoms with Gasteiger partial charge in [-0.25, -0.2) is 14.6 Å². The molecule has 3 aromatic carbocycles. The van der Waals surface area contributed by atoms with Crippen LogP contribution in [0.25, 0.3) is 27.8 Å². The number of carboxylic acids is 1. The first-order chi connectivity index (χ1) is 31.5. The summed E-state index contributed by atoms with van der Waals surface area (Å²) in [4.78, 5) is 61.1. The number of benzene rings is 3. The fourth-order valence-electron chi connectivity index (χ4n) is 8.51. The van der Waals surface area contributed by atoms with E-state index in [1.807, 2.05) is 32.0 Å². The average molecular weight is 917 g/mol. The first-order valence-corrected chi connectivity index (χ1v) is 20.9. The van der Waals surface area contributed by atoms with Crippen molar-refractivity contribution in [2.75, 3.05) is 26.3 Å². The van der Waals surface area contributed by atoms with E-state index >= 15 is 0 Å². The van der Waals surface area contributed by atoms with Crippen LogP contribution in [0.4, 0.5) is 0 Å². The zero-order valence-corrected chi connectivity index (χ0v) is 35.7. The number of phenols is 1. The van der Waals surface area contributed by atoms with Crippen molar-refractivity contribution in [1.29, 1.82) is 0 Å². The number of aromatic hydroxyl groups is 1. The van der Waals surface area contributed by atoms with E-state index in [1.165, 1.54) is 48.7 Å². The zero-order chi connectivity index (χ0) is 47.5. The minimum absolute atomic E-state index is 0.00431. The number of nitrogens with zero attached hydrogens (tertiary/aromatic N) is 1. The minimum Gasteiger partial charge on any atom is -0.508 e. The lowest BCUT2D eigenvalue weighted by Gasteiger charge is -2.56. The van der Waals surface area contributed by atoms with Crippen LogP contribution in [-0.2, 0) is 28.7 Å². The summed E-state index contributed by atoms with van der Waals surface area (Å²) in [7, 11) is 0. The number of nitrogens with one attached hydrogen (secondary N) is 2. The van der Waals surface area contributed by atoms with Gasteiger partial charge < -0.3 is 64.3 Å². The molecule has 0 aliphatic carbocycles. The highest BCUT2D eigenvalue weighted by Gasteiger charge is 2.72. The molecule has 4 aromatic rings. The summed E-state index contributed by atoms with van der Waals surface area (Å²) in [6.07, 6.45) is -7.28. The molecule has 9 atom stereocenters. The standard InChI is InChI=1S/C46H49N3O17/c1-24-17-25(2)19-28(18-24)37-35-27(12-14-48-35)21-49(37)66-40-44(63-30-10-11-31-33(20-30)62-22-32(38(31)55)26-6-8-29(53)9-7-26)64-39(45(60,23-52)46(40,61)34(54)5-3-15-50)43(59)65-42(58)36(41(56)57)47-13-4-16-51/h6-12,14,16-20,22,34,36,39-40,43-44,47,50,52-54,59-61H,3-5,13,15,21,23H2,1-2H3,(H,56,57)/p+1/t34-,36-,39+,40-,43+,44+,45+,46+/m1/s1. The van der Waals surface area contributed by atoms with Crippen LogP contribution in [0.1, 0.15) is 36.0 Å². The number of fused-ring (bicyclic) bond motifs is 2. The number of hydroxylamine groups is 2. The van der Waals surface area contributed by atoms with Crippen molar-refractivity contribution in [3.8, 4) is 22.6 Å². The van der Waals surface area contributed by atoms with Gasteiger partial charge >= 0.3 is 11.9 Å². The second kappa shape index (κ2) is 19.7. The van der Waals surface area contributed by atoms with Crippen LogP contribution >= 0.6 is 0 Å². The number of aliphatic hydroxyl groups excluding tert-OH is 4.